The molecule has 18 heavy (non-hydrogen) atoms. The Bertz CT molecular complexity index is 524. The minimum absolute atomic E-state index is 0.680. The molecule has 0 amide bonds. The number of ether oxygens (including phenoxy) is 1. The van der Waals surface area contributed by atoms with Gasteiger partial charge in [0, 0.05) is 33.3 Å². The zero-order valence-electron chi connectivity index (χ0n) is 10.8. The molecule has 0 bridgehead atoms. The molecular formula is C14H18BrNOS. The summed E-state index contributed by atoms with van der Waals surface area (Å²) >= 11 is 5.48. The highest BCUT2D eigenvalue weighted by molar-refractivity contribution is 9.10. The van der Waals surface area contributed by atoms with E-state index in [1.54, 1.807) is 7.11 Å². The van der Waals surface area contributed by atoms with Crippen LogP contribution in [0.15, 0.2) is 22.7 Å². The fraction of sp³-hybridized carbons (Fsp3) is 0.429. The minimum Gasteiger partial charge on any atom is -0.380 e. The van der Waals surface area contributed by atoms with E-state index in [2.05, 4.69) is 46.4 Å². The molecule has 1 aromatic carbocycles. The number of nitrogens with one attached hydrogen (secondary N) is 1. The molecule has 0 atom stereocenters. The maximum absolute atomic E-state index is 5.34. The van der Waals surface area contributed by atoms with Gasteiger partial charge in [-0.25, -0.2) is 0 Å². The van der Waals surface area contributed by atoms with E-state index in [1.165, 1.54) is 25.0 Å². The normalized spacial score (nSPS) is 11.3. The summed E-state index contributed by atoms with van der Waals surface area (Å²) in [6.07, 6.45) is 1.16. The molecule has 98 valence electrons. The molecule has 2 aromatic rings. The highest BCUT2D eigenvalue weighted by Gasteiger charge is 2.13. The molecule has 2 nitrogen and oxygen atoms in total. The van der Waals surface area contributed by atoms with Gasteiger partial charge in [-0.3, -0.25) is 0 Å². The van der Waals surface area contributed by atoms with Crippen molar-refractivity contribution >= 4 is 37.4 Å². The van der Waals surface area contributed by atoms with Gasteiger partial charge in [0.1, 0.15) is 0 Å². The number of fused-ring (bicyclic) bond motifs is 1. The monoisotopic (exact) mass is 327 g/mol. The number of hydrogen-bond acceptors (Lipinski definition) is 3. The molecule has 0 unspecified atom stereocenters. The summed E-state index contributed by atoms with van der Waals surface area (Å²) in [7, 11) is 1.75. The summed E-state index contributed by atoms with van der Waals surface area (Å²) in [5.74, 6) is 0. The largest absolute Gasteiger partial charge is 0.380 e. The van der Waals surface area contributed by atoms with Gasteiger partial charge in [-0.2, -0.15) is 0 Å². The van der Waals surface area contributed by atoms with Crippen LogP contribution in [0.1, 0.15) is 23.8 Å². The molecule has 0 radical (unpaired) electrons. The Morgan fingerprint density at radius 2 is 2.22 bits per heavy atom. The van der Waals surface area contributed by atoms with E-state index in [0.717, 1.165) is 19.5 Å². The molecule has 1 heterocycles. The van der Waals surface area contributed by atoms with Crippen LogP contribution in [-0.4, -0.2) is 13.7 Å². The average molecular weight is 328 g/mol. The van der Waals surface area contributed by atoms with Crippen LogP contribution in [0.2, 0.25) is 0 Å². The molecule has 0 spiro atoms. The van der Waals surface area contributed by atoms with Crippen LogP contribution in [-0.2, 0) is 17.9 Å². The van der Waals surface area contributed by atoms with Crippen LogP contribution in [0.5, 0.6) is 0 Å². The number of benzene rings is 1. The van der Waals surface area contributed by atoms with Gasteiger partial charge in [-0.1, -0.05) is 19.1 Å². The lowest BCUT2D eigenvalue weighted by Gasteiger charge is -2.04. The first-order valence-electron chi connectivity index (χ1n) is 6.16. The topological polar surface area (TPSA) is 21.3 Å². The SMILES string of the molecule is CCCNCc1sc2c(Br)cccc2c1COC. The van der Waals surface area contributed by atoms with Crippen LogP contribution >= 0.6 is 27.3 Å². The smallest absolute Gasteiger partial charge is 0.0730 e. The maximum atomic E-state index is 5.34. The van der Waals surface area contributed by atoms with Gasteiger partial charge in [-0.05, 0) is 40.3 Å². The first-order chi connectivity index (χ1) is 8.77. The number of thiophene rings is 1. The quantitative estimate of drug-likeness (QED) is 0.798. The Kier molecular flexibility index (Phi) is 5.18. The zero-order chi connectivity index (χ0) is 13.0. The van der Waals surface area contributed by atoms with E-state index < -0.39 is 0 Å². The lowest BCUT2D eigenvalue weighted by atomic mass is 10.1. The molecule has 0 saturated heterocycles. The standard InChI is InChI=1S/C14H18BrNOS/c1-3-7-16-8-13-11(9-17-2)10-5-4-6-12(15)14(10)18-13/h4-6,16H,3,7-9H2,1-2H3. The Balaban J connectivity index is 2.37. The van der Waals surface area contributed by atoms with Crippen molar-refractivity contribution in [3.8, 4) is 0 Å². The average Bonchev–Trinajstić information content (AvgIpc) is 2.71. The van der Waals surface area contributed by atoms with E-state index in [1.807, 2.05) is 11.3 Å². The third-order valence-corrected chi connectivity index (χ3v) is 5.06. The van der Waals surface area contributed by atoms with Crippen molar-refractivity contribution in [1.29, 1.82) is 0 Å². The van der Waals surface area contributed by atoms with Crippen molar-refractivity contribution in [2.75, 3.05) is 13.7 Å². The zero-order valence-corrected chi connectivity index (χ0v) is 13.2. The molecule has 4 heteroatoms. The molecule has 0 aliphatic heterocycles. The van der Waals surface area contributed by atoms with Crippen LogP contribution in [0.25, 0.3) is 10.1 Å². The number of methoxy groups -OCH3 is 1. The summed E-state index contributed by atoms with van der Waals surface area (Å²) in [6.45, 7) is 4.85. The molecule has 0 aliphatic rings. The van der Waals surface area contributed by atoms with Crippen molar-refractivity contribution in [1.82, 2.24) is 5.32 Å². The highest BCUT2D eigenvalue weighted by Crippen LogP contribution is 2.36. The molecule has 0 fully saturated rings. The van der Waals surface area contributed by atoms with Crippen LogP contribution in [0.3, 0.4) is 0 Å². The number of rotatable bonds is 6. The van der Waals surface area contributed by atoms with Gasteiger partial charge >= 0.3 is 0 Å². The maximum Gasteiger partial charge on any atom is 0.0730 e. The van der Waals surface area contributed by atoms with Crippen LogP contribution < -0.4 is 5.32 Å². The van der Waals surface area contributed by atoms with Gasteiger partial charge in [0.25, 0.3) is 0 Å². The lowest BCUT2D eigenvalue weighted by molar-refractivity contribution is 0.185. The summed E-state index contributed by atoms with van der Waals surface area (Å²) in [5.41, 5.74) is 1.32. The molecule has 0 aliphatic carbocycles. The summed E-state index contributed by atoms with van der Waals surface area (Å²) in [4.78, 5) is 1.38. The number of hydrogen-bond donors (Lipinski definition) is 1. The van der Waals surface area contributed by atoms with Crippen molar-refractivity contribution in [2.24, 2.45) is 0 Å². The summed E-state index contributed by atoms with van der Waals surface area (Å²) in [5, 5.41) is 4.78. The van der Waals surface area contributed by atoms with E-state index in [-0.39, 0.29) is 0 Å². The highest BCUT2D eigenvalue weighted by atomic mass is 79.9. The molecular weight excluding hydrogens is 310 g/mol. The van der Waals surface area contributed by atoms with Crippen molar-refractivity contribution in [3.05, 3.63) is 33.1 Å². The van der Waals surface area contributed by atoms with Crippen molar-refractivity contribution in [3.63, 3.8) is 0 Å². The second-order valence-electron chi connectivity index (χ2n) is 4.23. The predicted molar refractivity (Wildman–Crippen MR) is 82.2 cm³/mol. The van der Waals surface area contributed by atoms with E-state index >= 15 is 0 Å². The first kappa shape index (κ1) is 14.0. The van der Waals surface area contributed by atoms with E-state index in [9.17, 15) is 0 Å². The third-order valence-electron chi connectivity index (χ3n) is 2.85. The predicted octanol–water partition coefficient (Wildman–Crippen LogP) is 4.31. The third kappa shape index (κ3) is 2.94. The summed E-state index contributed by atoms with van der Waals surface area (Å²) < 4.78 is 7.83. The molecule has 2 rings (SSSR count). The van der Waals surface area contributed by atoms with Gasteiger partial charge in [0.05, 0.1) is 6.61 Å². The Labute approximate surface area is 120 Å². The van der Waals surface area contributed by atoms with Crippen LogP contribution in [0.4, 0.5) is 0 Å². The fourth-order valence-corrected chi connectivity index (χ4v) is 3.80. The molecule has 1 N–H and O–H groups in total. The fourth-order valence-electron chi connectivity index (χ4n) is 2.01. The van der Waals surface area contributed by atoms with Crippen molar-refractivity contribution < 1.29 is 4.74 Å². The Morgan fingerprint density at radius 3 is 2.94 bits per heavy atom. The van der Waals surface area contributed by atoms with Crippen LogP contribution in [0, 0.1) is 0 Å². The van der Waals surface area contributed by atoms with Crippen molar-refractivity contribution in [2.45, 2.75) is 26.5 Å². The Morgan fingerprint density at radius 1 is 1.39 bits per heavy atom. The molecule has 0 saturated carbocycles. The summed E-state index contributed by atoms with van der Waals surface area (Å²) in [6, 6.07) is 6.36. The van der Waals surface area contributed by atoms with E-state index in [4.69, 9.17) is 4.74 Å². The van der Waals surface area contributed by atoms with Gasteiger partial charge in [0.2, 0.25) is 0 Å². The second-order valence-corrected chi connectivity index (χ2v) is 6.19. The Hall–Kier alpha value is -0.420. The van der Waals surface area contributed by atoms with Gasteiger partial charge < -0.3 is 10.1 Å². The van der Waals surface area contributed by atoms with Gasteiger partial charge in [0.15, 0.2) is 0 Å². The lowest BCUT2D eigenvalue weighted by Crippen LogP contribution is -2.13. The molecule has 1 aromatic heterocycles. The van der Waals surface area contributed by atoms with E-state index in [0.29, 0.717) is 6.61 Å². The number of halogens is 1. The first-order valence-corrected chi connectivity index (χ1v) is 7.77. The minimum atomic E-state index is 0.680. The second kappa shape index (κ2) is 6.66. The van der Waals surface area contributed by atoms with Gasteiger partial charge in [-0.15, -0.1) is 11.3 Å².